The second-order valence-electron chi connectivity index (χ2n) is 8.59. The number of imidazole rings is 1. The van der Waals surface area contributed by atoms with Gasteiger partial charge in [-0.05, 0) is 51.6 Å². The second-order valence-corrected chi connectivity index (χ2v) is 8.59. The molecule has 6 rings (SSSR count). The normalized spacial score (nSPS) is 20.2. The molecule has 0 radical (unpaired) electrons. The first-order chi connectivity index (χ1) is 15.7. The van der Waals surface area contributed by atoms with E-state index in [9.17, 15) is 0 Å². The van der Waals surface area contributed by atoms with E-state index in [2.05, 4.69) is 43.1 Å². The number of pyridine rings is 1. The van der Waals surface area contributed by atoms with Crippen LogP contribution < -0.4 is 15.0 Å². The summed E-state index contributed by atoms with van der Waals surface area (Å²) in [5.41, 5.74) is 5.76. The number of nitrogens with one attached hydrogen (secondary N) is 1. The number of aromatic nitrogens is 4. The Labute approximate surface area is 186 Å². The first kappa shape index (κ1) is 19.3. The Bertz CT molecular complexity index is 1280. The minimum absolute atomic E-state index is 0.0442. The first-order valence-corrected chi connectivity index (χ1v) is 11.1. The number of aryl methyl sites for hydroxylation is 2. The maximum absolute atomic E-state index is 6.44. The van der Waals surface area contributed by atoms with Crippen molar-refractivity contribution in [3.63, 3.8) is 0 Å². The lowest BCUT2D eigenvalue weighted by Gasteiger charge is -2.30. The molecule has 1 saturated heterocycles. The fourth-order valence-corrected chi connectivity index (χ4v) is 5.08. The molecule has 0 unspecified atom stereocenters. The number of anilines is 1. The van der Waals surface area contributed by atoms with Crippen molar-refractivity contribution in [2.24, 2.45) is 0 Å². The molecule has 0 spiro atoms. The Morgan fingerprint density at radius 2 is 2.06 bits per heavy atom. The Balaban J connectivity index is 1.59. The van der Waals surface area contributed by atoms with Crippen molar-refractivity contribution >= 4 is 17.0 Å². The summed E-state index contributed by atoms with van der Waals surface area (Å²) in [7, 11) is 2.03. The molecular weight excluding hydrogens is 404 g/mol. The predicted molar refractivity (Wildman–Crippen MR) is 122 cm³/mol. The van der Waals surface area contributed by atoms with Crippen molar-refractivity contribution in [2.45, 2.75) is 32.4 Å². The topological polar surface area (TPSA) is 81.2 Å². The van der Waals surface area contributed by atoms with Gasteiger partial charge in [0, 0.05) is 30.9 Å². The summed E-state index contributed by atoms with van der Waals surface area (Å²) >= 11 is 0. The van der Waals surface area contributed by atoms with Gasteiger partial charge in [0.15, 0.2) is 5.75 Å². The average Bonchev–Trinajstić information content (AvgIpc) is 3.53. The van der Waals surface area contributed by atoms with Gasteiger partial charge in [-0.1, -0.05) is 11.2 Å². The molecule has 0 bridgehead atoms. The van der Waals surface area contributed by atoms with Gasteiger partial charge >= 0.3 is 0 Å². The van der Waals surface area contributed by atoms with Crippen molar-refractivity contribution in [1.29, 1.82) is 0 Å². The number of nitrogens with zero attached hydrogens (tertiary/aromatic N) is 5. The Morgan fingerprint density at radius 1 is 1.16 bits per heavy atom. The van der Waals surface area contributed by atoms with E-state index in [1.807, 2.05) is 39.2 Å². The van der Waals surface area contributed by atoms with Gasteiger partial charge in [0.05, 0.1) is 22.5 Å². The van der Waals surface area contributed by atoms with Gasteiger partial charge in [0.25, 0.3) is 0 Å². The molecule has 1 fully saturated rings. The average molecular weight is 431 g/mol. The Hall–Kier alpha value is -3.39. The van der Waals surface area contributed by atoms with Gasteiger partial charge in [-0.3, -0.25) is 9.55 Å². The number of hydrogen-bond acceptors (Lipinski definition) is 7. The van der Waals surface area contributed by atoms with E-state index >= 15 is 0 Å². The molecule has 164 valence electrons. The van der Waals surface area contributed by atoms with Gasteiger partial charge in [0.1, 0.15) is 23.9 Å². The van der Waals surface area contributed by atoms with Gasteiger partial charge < -0.3 is 19.5 Å². The van der Waals surface area contributed by atoms with Gasteiger partial charge in [-0.2, -0.15) is 0 Å². The summed E-state index contributed by atoms with van der Waals surface area (Å²) in [5, 5.41) is 7.57. The highest BCUT2D eigenvalue weighted by molar-refractivity contribution is 5.94. The molecule has 0 aliphatic carbocycles. The number of hydrogen-bond donors (Lipinski definition) is 1. The lowest BCUT2D eigenvalue weighted by Crippen LogP contribution is -2.33. The minimum atomic E-state index is -0.0442. The van der Waals surface area contributed by atoms with Crippen LogP contribution in [0.15, 0.2) is 41.1 Å². The fraction of sp³-hybridized carbons (Fsp3) is 0.375. The van der Waals surface area contributed by atoms with E-state index in [0.717, 1.165) is 70.5 Å². The maximum atomic E-state index is 6.44. The van der Waals surface area contributed by atoms with Gasteiger partial charge in [-0.25, -0.2) is 4.98 Å². The number of benzene rings is 1. The van der Waals surface area contributed by atoms with Crippen LogP contribution in [0.1, 0.15) is 29.6 Å². The third kappa shape index (κ3) is 2.82. The van der Waals surface area contributed by atoms with Crippen molar-refractivity contribution < 1.29 is 9.26 Å². The number of ether oxygens (including phenoxy) is 1. The number of likely N-dealkylation sites (N-methyl/N-ethyl adjacent to an activating group) is 1. The van der Waals surface area contributed by atoms with Crippen LogP contribution in [0.25, 0.3) is 22.2 Å². The van der Waals surface area contributed by atoms with Crippen molar-refractivity contribution in [3.05, 3.63) is 53.7 Å². The smallest absolute Gasteiger partial charge is 0.207 e. The predicted octanol–water partition coefficient (Wildman–Crippen LogP) is 3.48. The number of rotatable bonds is 4. The van der Waals surface area contributed by atoms with Crippen LogP contribution in [0.4, 0.5) is 5.95 Å². The molecule has 0 amide bonds. The third-order valence-electron chi connectivity index (χ3n) is 6.70. The highest BCUT2D eigenvalue weighted by atomic mass is 16.5. The lowest BCUT2D eigenvalue weighted by molar-refractivity contribution is 0.258. The molecular formula is C24H26N6O2. The molecule has 3 aromatic heterocycles. The van der Waals surface area contributed by atoms with Crippen LogP contribution >= 0.6 is 0 Å². The lowest BCUT2D eigenvalue weighted by atomic mass is 10.0. The molecule has 8 nitrogen and oxygen atoms in total. The molecule has 0 saturated carbocycles. The van der Waals surface area contributed by atoms with Crippen molar-refractivity contribution in [2.75, 3.05) is 31.6 Å². The van der Waals surface area contributed by atoms with Crippen LogP contribution in [0, 0.1) is 13.8 Å². The second kappa shape index (κ2) is 7.34. The maximum Gasteiger partial charge on any atom is 0.207 e. The molecule has 2 aliphatic heterocycles. The molecule has 32 heavy (non-hydrogen) atoms. The minimum Gasteiger partial charge on any atom is -0.488 e. The fourth-order valence-electron chi connectivity index (χ4n) is 5.08. The van der Waals surface area contributed by atoms with Crippen LogP contribution in [0.3, 0.4) is 0 Å². The summed E-state index contributed by atoms with van der Waals surface area (Å²) in [4.78, 5) is 12.1. The quantitative estimate of drug-likeness (QED) is 0.531. The summed E-state index contributed by atoms with van der Waals surface area (Å²) in [6, 6.07) is 10.6. The first-order valence-electron chi connectivity index (χ1n) is 11.1. The summed E-state index contributed by atoms with van der Waals surface area (Å²) in [6.45, 7) is 6.30. The highest BCUT2D eigenvalue weighted by Gasteiger charge is 2.35. The van der Waals surface area contributed by atoms with E-state index in [1.165, 1.54) is 0 Å². The van der Waals surface area contributed by atoms with Crippen LogP contribution in [0.5, 0.6) is 5.75 Å². The third-order valence-corrected chi connectivity index (χ3v) is 6.70. The standard InChI is InChI=1S/C24H26N6O2/c1-14-21(15(2)32-28-14)17-7-8-19-22-23(17)31-13-20(18-6-4-5-10-26-18)30(22)24(27-19)29-11-9-16(12-29)25-3/h4-8,10,16,20,25H,9,11-13H2,1-3H3/t16-,20+/m0/s1. The summed E-state index contributed by atoms with van der Waals surface area (Å²) in [6.07, 6.45) is 2.94. The van der Waals surface area contributed by atoms with E-state index < -0.39 is 0 Å². The van der Waals surface area contributed by atoms with Crippen molar-refractivity contribution in [3.8, 4) is 16.9 Å². The van der Waals surface area contributed by atoms with Gasteiger partial charge in [0.2, 0.25) is 5.95 Å². The zero-order chi connectivity index (χ0) is 21.8. The van der Waals surface area contributed by atoms with Crippen LogP contribution in [-0.2, 0) is 0 Å². The van der Waals surface area contributed by atoms with E-state index in [1.54, 1.807) is 0 Å². The van der Waals surface area contributed by atoms with Gasteiger partial charge in [-0.15, -0.1) is 0 Å². The molecule has 5 heterocycles. The zero-order valence-corrected chi connectivity index (χ0v) is 18.5. The van der Waals surface area contributed by atoms with E-state index in [-0.39, 0.29) is 6.04 Å². The molecule has 2 atom stereocenters. The molecule has 1 aromatic carbocycles. The zero-order valence-electron chi connectivity index (χ0n) is 18.5. The van der Waals surface area contributed by atoms with Crippen molar-refractivity contribution in [1.82, 2.24) is 25.0 Å². The Kier molecular flexibility index (Phi) is 4.43. The van der Waals surface area contributed by atoms with Crippen LogP contribution in [0.2, 0.25) is 0 Å². The Morgan fingerprint density at radius 3 is 2.78 bits per heavy atom. The van der Waals surface area contributed by atoms with Crippen LogP contribution in [-0.4, -0.2) is 52.5 Å². The summed E-state index contributed by atoms with van der Waals surface area (Å²) < 4.78 is 14.2. The molecule has 2 aliphatic rings. The molecule has 8 heteroatoms. The SMILES string of the molecule is CN[C@H]1CCN(c2nc3ccc(-c4c(C)noc4C)c4c3n2[C@@H](c2ccccn2)CO4)C1. The molecule has 4 aromatic rings. The largest absolute Gasteiger partial charge is 0.488 e. The van der Waals surface area contributed by atoms with E-state index in [0.29, 0.717) is 12.6 Å². The van der Waals surface area contributed by atoms with E-state index in [4.69, 9.17) is 14.2 Å². The monoisotopic (exact) mass is 430 g/mol. The molecule has 1 N–H and O–H groups in total. The summed E-state index contributed by atoms with van der Waals surface area (Å²) in [5.74, 6) is 2.61. The highest BCUT2D eigenvalue weighted by Crippen LogP contribution is 2.46.